The fourth-order valence-electron chi connectivity index (χ4n) is 3.89. The van der Waals surface area contributed by atoms with E-state index in [0.717, 1.165) is 30.8 Å². The first-order chi connectivity index (χ1) is 12.1. The summed E-state index contributed by atoms with van der Waals surface area (Å²) >= 11 is 6.07. The largest absolute Gasteiger partial charge is 0.384 e. The minimum Gasteiger partial charge on any atom is -0.384 e. The molecule has 0 saturated carbocycles. The molecule has 26 heavy (non-hydrogen) atoms. The summed E-state index contributed by atoms with van der Waals surface area (Å²) in [6, 6.07) is 18.0. The maximum atomic E-state index is 11.8. The highest BCUT2D eigenvalue weighted by Gasteiger charge is 2.37. The van der Waals surface area contributed by atoms with E-state index in [1.807, 2.05) is 42.5 Å². The van der Waals surface area contributed by atoms with Gasteiger partial charge in [0.1, 0.15) is 0 Å². The lowest BCUT2D eigenvalue weighted by molar-refractivity contribution is -0.0316. The summed E-state index contributed by atoms with van der Waals surface area (Å²) in [5, 5.41) is 12.5. The molecule has 2 aromatic carbocycles. The fourth-order valence-corrected chi connectivity index (χ4v) is 4.01. The zero-order valence-electron chi connectivity index (χ0n) is 15.4. The number of likely N-dealkylation sites (tertiary alicyclic amines) is 1. The van der Waals surface area contributed by atoms with Crippen LogP contribution in [0.15, 0.2) is 54.6 Å². The van der Waals surface area contributed by atoms with Crippen LogP contribution in [0.4, 0.5) is 0 Å². The zero-order chi connectivity index (χ0) is 17.7. The number of hydrogen-bond acceptors (Lipinski definition) is 2. The van der Waals surface area contributed by atoms with E-state index in [0.29, 0.717) is 11.4 Å². The number of hydrogen-bond donors (Lipinski definition) is 1. The third-order valence-electron chi connectivity index (χ3n) is 5.46. The van der Waals surface area contributed by atoms with Crippen molar-refractivity contribution < 1.29 is 5.11 Å². The summed E-state index contributed by atoms with van der Waals surface area (Å²) in [6.45, 7) is 5.39. The number of halogens is 2. The molecule has 0 bridgehead atoms. The van der Waals surface area contributed by atoms with Gasteiger partial charge in [0.05, 0.1) is 5.60 Å². The molecule has 4 heteroatoms. The molecule has 2 aromatic rings. The van der Waals surface area contributed by atoms with Crippen molar-refractivity contribution in [3.05, 3.63) is 70.7 Å². The van der Waals surface area contributed by atoms with Crippen molar-refractivity contribution in [2.45, 2.75) is 38.2 Å². The Morgan fingerprint density at radius 3 is 2.23 bits per heavy atom. The van der Waals surface area contributed by atoms with Gasteiger partial charge in [0.2, 0.25) is 0 Å². The Morgan fingerprint density at radius 2 is 1.62 bits per heavy atom. The van der Waals surface area contributed by atoms with E-state index in [1.165, 1.54) is 19.3 Å². The van der Waals surface area contributed by atoms with Crippen molar-refractivity contribution in [3.63, 3.8) is 0 Å². The molecule has 142 valence electrons. The molecule has 2 atom stereocenters. The first-order valence-corrected chi connectivity index (χ1v) is 9.70. The Bertz CT molecular complexity index is 656. The average molecular weight is 394 g/mol. The van der Waals surface area contributed by atoms with Crippen LogP contribution >= 0.6 is 24.0 Å². The van der Waals surface area contributed by atoms with Gasteiger partial charge in [-0.25, -0.2) is 0 Å². The molecule has 0 radical (unpaired) electrons. The van der Waals surface area contributed by atoms with Gasteiger partial charge in [-0.2, -0.15) is 0 Å². The molecule has 0 aromatic heterocycles. The highest BCUT2D eigenvalue weighted by Crippen LogP contribution is 2.35. The summed E-state index contributed by atoms with van der Waals surface area (Å²) in [6.07, 6.45) is 4.48. The number of benzene rings is 2. The normalized spacial score (nSPS) is 18.6. The van der Waals surface area contributed by atoms with Gasteiger partial charge in [0, 0.05) is 23.9 Å². The lowest BCUT2D eigenvalue weighted by Gasteiger charge is -2.39. The molecule has 1 N–H and O–H groups in total. The van der Waals surface area contributed by atoms with Crippen LogP contribution in [0, 0.1) is 5.92 Å². The summed E-state index contributed by atoms with van der Waals surface area (Å²) in [4.78, 5) is 2.50. The van der Waals surface area contributed by atoms with Crippen LogP contribution in [0.25, 0.3) is 0 Å². The van der Waals surface area contributed by atoms with Crippen LogP contribution < -0.4 is 0 Å². The fraction of sp³-hybridized carbons (Fsp3) is 0.455. The van der Waals surface area contributed by atoms with E-state index in [9.17, 15) is 5.11 Å². The van der Waals surface area contributed by atoms with Gasteiger partial charge < -0.3 is 10.0 Å². The minimum absolute atomic E-state index is 0. The van der Waals surface area contributed by atoms with Crippen molar-refractivity contribution in [1.29, 1.82) is 0 Å². The Hall–Kier alpha value is -1.06. The molecule has 0 aliphatic carbocycles. The molecule has 1 saturated heterocycles. The summed E-state index contributed by atoms with van der Waals surface area (Å²) < 4.78 is 0. The van der Waals surface area contributed by atoms with Crippen LogP contribution in [0.2, 0.25) is 5.02 Å². The Labute approximate surface area is 168 Å². The maximum absolute atomic E-state index is 11.8. The highest BCUT2D eigenvalue weighted by atomic mass is 35.5. The van der Waals surface area contributed by atoms with Crippen LogP contribution in [0.3, 0.4) is 0 Å². The Kier molecular flexibility index (Phi) is 7.97. The molecular weight excluding hydrogens is 365 g/mol. The molecule has 0 spiro atoms. The molecule has 3 rings (SSSR count). The molecule has 1 aliphatic heterocycles. The van der Waals surface area contributed by atoms with Crippen molar-refractivity contribution in [3.8, 4) is 0 Å². The van der Waals surface area contributed by atoms with Gasteiger partial charge >= 0.3 is 0 Å². The summed E-state index contributed by atoms with van der Waals surface area (Å²) in [5.74, 6) is 0.131. The second-order valence-electron chi connectivity index (χ2n) is 7.36. The van der Waals surface area contributed by atoms with Gasteiger partial charge in [0.15, 0.2) is 0 Å². The third kappa shape index (κ3) is 5.23. The third-order valence-corrected chi connectivity index (χ3v) is 5.71. The van der Waals surface area contributed by atoms with E-state index in [2.05, 4.69) is 24.0 Å². The van der Waals surface area contributed by atoms with E-state index < -0.39 is 5.60 Å². The van der Waals surface area contributed by atoms with Crippen LogP contribution in [-0.2, 0) is 12.0 Å². The molecule has 2 nitrogen and oxygen atoms in total. The predicted molar refractivity (Wildman–Crippen MR) is 112 cm³/mol. The number of aliphatic hydroxyl groups is 1. The first-order valence-electron chi connectivity index (χ1n) is 9.32. The van der Waals surface area contributed by atoms with Gasteiger partial charge in [-0.3, -0.25) is 0 Å². The summed E-state index contributed by atoms with van der Waals surface area (Å²) in [7, 11) is 0. The smallest absolute Gasteiger partial charge is 0.0974 e. The molecular formula is C22H29Cl2NO. The van der Waals surface area contributed by atoms with Crippen molar-refractivity contribution >= 4 is 24.0 Å². The second kappa shape index (κ2) is 9.75. The molecule has 1 fully saturated rings. The molecule has 1 heterocycles. The number of piperidine rings is 1. The van der Waals surface area contributed by atoms with Gasteiger partial charge in [-0.05, 0) is 49.2 Å². The maximum Gasteiger partial charge on any atom is 0.0974 e. The SMILES string of the molecule is CC(CN1CCCCC1)C(O)(Cc1ccccc1)c1ccc(Cl)cc1.Cl. The molecule has 2 unspecified atom stereocenters. The standard InChI is InChI=1S/C22H28ClNO.ClH/c1-18(17-24-14-6-3-7-15-24)22(25,16-19-8-4-2-5-9-19)20-10-12-21(23)13-11-20;/h2,4-5,8-13,18,25H,3,6-7,14-17H2,1H3;1H. The highest BCUT2D eigenvalue weighted by molar-refractivity contribution is 6.30. The zero-order valence-corrected chi connectivity index (χ0v) is 17.0. The van der Waals surface area contributed by atoms with Gasteiger partial charge in [-0.15, -0.1) is 12.4 Å². The van der Waals surface area contributed by atoms with E-state index in [4.69, 9.17) is 11.6 Å². The van der Waals surface area contributed by atoms with E-state index in [-0.39, 0.29) is 18.3 Å². The van der Waals surface area contributed by atoms with Crippen LogP contribution in [0.1, 0.15) is 37.3 Å². The first kappa shape index (κ1) is 21.2. The van der Waals surface area contributed by atoms with Gasteiger partial charge in [0.25, 0.3) is 0 Å². The summed E-state index contributed by atoms with van der Waals surface area (Å²) in [5.41, 5.74) is 1.21. The van der Waals surface area contributed by atoms with Crippen molar-refractivity contribution in [2.24, 2.45) is 5.92 Å². The van der Waals surface area contributed by atoms with E-state index in [1.54, 1.807) is 0 Å². The van der Waals surface area contributed by atoms with Gasteiger partial charge in [-0.1, -0.05) is 67.4 Å². The monoisotopic (exact) mass is 393 g/mol. The van der Waals surface area contributed by atoms with Crippen LogP contribution in [-0.4, -0.2) is 29.6 Å². The van der Waals surface area contributed by atoms with Crippen LogP contribution in [0.5, 0.6) is 0 Å². The predicted octanol–water partition coefficient (Wildman–Crippen LogP) is 5.31. The quantitative estimate of drug-likeness (QED) is 0.717. The van der Waals surface area contributed by atoms with E-state index >= 15 is 0 Å². The minimum atomic E-state index is -0.899. The number of nitrogens with zero attached hydrogens (tertiary/aromatic N) is 1. The number of rotatable bonds is 6. The Morgan fingerprint density at radius 1 is 1.00 bits per heavy atom. The lowest BCUT2D eigenvalue weighted by Crippen LogP contribution is -2.44. The van der Waals surface area contributed by atoms with Crippen molar-refractivity contribution in [1.82, 2.24) is 4.90 Å². The molecule has 0 amide bonds. The average Bonchev–Trinajstić information content (AvgIpc) is 2.64. The lowest BCUT2D eigenvalue weighted by atomic mass is 9.77. The molecule has 1 aliphatic rings. The van der Waals surface area contributed by atoms with Crippen molar-refractivity contribution in [2.75, 3.05) is 19.6 Å². The topological polar surface area (TPSA) is 23.5 Å². The Balaban J connectivity index is 0.00000243. The second-order valence-corrected chi connectivity index (χ2v) is 7.79.